The Balaban J connectivity index is 2.38. The fraction of sp³-hybridized carbons (Fsp3) is 0.636. The second-order valence-electron chi connectivity index (χ2n) is 7.07. The van der Waals surface area contributed by atoms with Crippen LogP contribution < -0.4 is 9.47 Å². The van der Waals surface area contributed by atoms with E-state index in [4.69, 9.17) is 19.7 Å². The second-order valence-corrected chi connectivity index (χ2v) is 7.07. The van der Waals surface area contributed by atoms with E-state index in [1.165, 1.54) is 51.4 Å². The Labute approximate surface area is 167 Å². The minimum absolute atomic E-state index is 0.356. The molecule has 0 saturated heterocycles. The van der Waals surface area contributed by atoms with Crippen LogP contribution in [0.4, 0.5) is 0 Å². The monoisotopic (exact) mass is 394 g/mol. The molecule has 6 nitrogen and oxygen atoms in total. The van der Waals surface area contributed by atoms with Gasteiger partial charge in [-0.1, -0.05) is 70.8 Å². The average Bonchev–Trinajstić information content (AvgIpc) is 2.67. The van der Waals surface area contributed by atoms with E-state index in [0.29, 0.717) is 11.5 Å². The van der Waals surface area contributed by atoms with E-state index >= 15 is 0 Å². The molecular weight excluding hydrogens is 360 g/mol. The molecule has 6 heteroatoms. The molecule has 0 saturated carbocycles. The molecule has 0 bridgehead atoms. The average molecular weight is 395 g/mol. The first-order valence-corrected chi connectivity index (χ1v) is 10.3. The molecule has 0 spiro atoms. The van der Waals surface area contributed by atoms with Gasteiger partial charge in [-0.15, -0.1) is 0 Å². The first kappa shape index (κ1) is 23.8. The minimum atomic E-state index is -1.07. The highest BCUT2D eigenvalue weighted by Crippen LogP contribution is 2.27. The molecule has 0 aliphatic carbocycles. The molecule has 0 aliphatic rings. The van der Waals surface area contributed by atoms with Crippen LogP contribution in [0.3, 0.4) is 0 Å². The number of rotatable bonds is 17. The highest BCUT2D eigenvalue weighted by atomic mass is 16.5. The maximum absolute atomic E-state index is 10.8. The zero-order chi connectivity index (χ0) is 20.6. The summed E-state index contributed by atoms with van der Waals surface area (Å²) < 4.78 is 10.5. The third-order valence-electron chi connectivity index (χ3n) is 4.55. The van der Waals surface area contributed by atoms with Crippen LogP contribution in [0.5, 0.6) is 11.5 Å². The molecule has 0 amide bonds. The van der Waals surface area contributed by atoms with Gasteiger partial charge < -0.3 is 19.7 Å². The molecule has 0 aromatic heterocycles. The smallest absolute Gasteiger partial charge is 0.341 e. The molecule has 0 unspecified atom stereocenters. The fourth-order valence-corrected chi connectivity index (χ4v) is 3.05. The van der Waals surface area contributed by atoms with Gasteiger partial charge in [0.2, 0.25) is 0 Å². The first-order valence-electron chi connectivity index (χ1n) is 10.3. The predicted octanol–water partition coefficient (Wildman–Crippen LogP) is 5.08. The lowest BCUT2D eigenvalue weighted by Gasteiger charge is -2.12. The summed E-state index contributed by atoms with van der Waals surface area (Å²) in [5.74, 6) is -1.32. The Bertz CT molecular complexity index is 584. The topological polar surface area (TPSA) is 93.1 Å². The van der Waals surface area contributed by atoms with Crippen molar-refractivity contribution in [2.75, 3.05) is 13.2 Å². The van der Waals surface area contributed by atoms with Crippen molar-refractivity contribution in [3.8, 4) is 11.5 Å². The van der Waals surface area contributed by atoms with Gasteiger partial charge in [0.1, 0.15) is 11.5 Å². The van der Waals surface area contributed by atoms with E-state index < -0.39 is 25.2 Å². The van der Waals surface area contributed by atoms with Gasteiger partial charge in [-0.2, -0.15) is 0 Å². The number of unbranched alkanes of at least 4 members (excludes halogenated alkanes) is 9. The van der Waals surface area contributed by atoms with Crippen LogP contribution in [0.25, 0.3) is 0 Å². The van der Waals surface area contributed by atoms with Gasteiger partial charge in [0.15, 0.2) is 13.2 Å². The van der Waals surface area contributed by atoms with Gasteiger partial charge in [0, 0.05) is 6.07 Å². The largest absolute Gasteiger partial charge is 0.482 e. The molecule has 0 radical (unpaired) electrons. The number of carboxylic acid groups (broad SMARTS) is 2. The maximum Gasteiger partial charge on any atom is 0.341 e. The third-order valence-corrected chi connectivity index (χ3v) is 4.55. The number of hydrogen-bond donors (Lipinski definition) is 2. The van der Waals surface area contributed by atoms with Crippen molar-refractivity contribution in [3.63, 3.8) is 0 Å². The van der Waals surface area contributed by atoms with Crippen molar-refractivity contribution in [3.05, 3.63) is 23.8 Å². The Morgan fingerprint density at radius 2 is 1.32 bits per heavy atom. The van der Waals surface area contributed by atoms with Crippen LogP contribution >= 0.6 is 0 Å². The lowest BCUT2D eigenvalue weighted by Crippen LogP contribution is -2.12. The number of carbonyl (C=O) groups is 2. The standard InChI is InChI=1S/C22H34O6/c1-2-3-4-5-6-7-8-9-10-11-12-18-13-14-19(27-16-21(23)24)15-20(18)28-17-22(25)26/h13-15H,2-12,16-17H2,1H3,(H,23,24)(H,25,26). The predicted molar refractivity (Wildman–Crippen MR) is 108 cm³/mol. The lowest BCUT2D eigenvalue weighted by atomic mass is 10.0. The van der Waals surface area contributed by atoms with Gasteiger partial charge in [0.05, 0.1) is 0 Å². The zero-order valence-corrected chi connectivity index (χ0v) is 17.0. The van der Waals surface area contributed by atoms with Crippen LogP contribution in [0.2, 0.25) is 0 Å². The molecule has 1 aromatic rings. The summed E-state index contributed by atoms with van der Waals surface area (Å²) in [4.78, 5) is 21.4. The maximum atomic E-state index is 10.8. The number of ether oxygens (including phenoxy) is 2. The summed E-state index contributed by atoms with van der Waals surface area (Å²) in [6, 6.07) is 5.09. The Morgan fingerprint density at radius 1 is 0.786 bits per heavy atom. The zero-order valence-electron chi connectivity index (χ0n) is 17.0. The summed E-state index contributed by atoms with van der Waals surface area (Å²) in [5, 5.41) is 17.5. The fourth-order valence-electron chi connectivity index (χ4n) is 3.05. The first-order chi connectivity index (χ1) is 13.5. The van der Waals surface area contributed by atoms with Crippen molar-refractivity contribution >= 4 is 11.9 Å². The van der Waals surface area contributed by atoms with Crippen molar-refractivity contribution in [2.45, 2.75) is 77.6 Å². The molecular formula is C22H34O6. The van der Waals surface area contributed by atoms with E-state index in [2.05, 4.69) is 6.92 Å². The van der Waals surface area contributed by atoms with Gasteiger partial charge in [-0.25, -0.2) is 9.59 Å². The molecule has 158 valence electrons. The van der Waals surface area contributed by atoms with Gasteiger partial charge in [-0.3, -0.25) is 0 Å². The summed E-state index contributed by atoms with van der Waals surface area (Å²) in [5.41, 5.74) is 0.920. The molecule has 0 atom stereocenters. The van der Waals surface area contributed by atoms with Crippen LogP contribution in [0, 0.1) is 0 Å². The quantitative estimate of drug-likeness (QED) is 0.358. The van der Waals surface area contributed by atoms with Crippen molar-refractivity contribution in [1.82, 2.24) is 0 Å². The summed E-state index contributed by atoms with van der Waals surface area (Å²) in [6.45, 7) is 1.35. The highest BCUT2D eigenvalue weighted by Gasteiger charge is 2.09. The summed E-state index contributed by atoms with van der Waals surface area (Å²) >= 11 is 0. The number of aryl methyl sites for hydroxylation is 1. The van der Waals surface area contributed by atoms with E-state index in [-0.39, 0.29) is 0 Å². The summed E-state index contributed by atoms with van der Waals surface area (Å²) in [6.07, 6.45) is 13.3. The minimum Gasteiger partial charge on any atom is -0.482 e. The normalized spacial score (nSPS) is 10.6. The molecule has 0 heterocycles. The molecule has 0 fully saturated rings. The van der Waals surface area contributed by atoms with E-state index in [1.54, 1.807) is 12.1 Å². The molecule has 0 aliphatic heterocycles. The van der Waals surface area contributed by atoms with Crippen LogP contribution in [0.15, 0.2) is 18.2 Å². The molecule has 28 heavy (non-hydrogen) atoms. The van der Waals surface area contributed by atoms with E-state index in [0.717, 1.165) is 24.8 Å². The SMILES string of the molecule is CCCCCCCCCCCCc1ccc(OCC(=O)O)cc1OCC(=O)O. The number of hydrogen-bond acceptors (Lipinski definition) is 4. The number of carboxylic acids is 2. The highest BCUT2D eigenvalue weighted by molar-refractivity contribution is 5.69. The Morgan fingerprint density at radius 3 is 1.89 bits per heavy atom. The molecule has 1 rings (SSSR count). The number of benzene rings is 1. The van der Waals surface area contributed by atoms with E-state index in [1.807, 2.05) is 6.07 Å². The number of aliphatic carboxylic acids is 2. The Hall–Kier alpha value is -2.24. The van der Waals surface area contributed by atoms with Gasteiger partial charge in [-0.05, 0) is 24.5 Å². The van der Waals surface area contributed by atoms with Crippen LogP contribution in [-0.4, -0.2) is 35.4 Å². The van der Waals surface area contributed by atoms with Crippen molar-refractivity contribution in [2.24, 2.45) is 0 Å². The molecule has 1 aromatic carbocycles. The van der Waals surface area contributed by atoms with Gasteiger partial charge in [0.25, 0.3) is 0 Å². The van der Waals surface area contributed by atoms with Crippen molar-refractivity contribution < 1.29 is 29.3 Å². The third kappa shape index (κ3) is 11.5. The van der Waals surface area contributed by atoms with Gasteiger partial charge >= 0.3 is 11.9 Å². The van der Waals surface area contributed by atoms with Crippen LogP contribution in [0.1, 0.15) is 76.7 Å². The van der Waals surface area contributed by atoms with Crippen molar-refractivity contribution in [1.29, 1.82) is 0 Å². The summed E-state index contributed by atoms with van der Waals surface area (Å²) in [7, 11) is 0. The second kappa shape index (κ2) is 14.8. The van der Waals surface area contributed by atoms with E-state index in [9.17, 15) is 9.59 Å². The molecule has 2 N–H and O–H groups in total. The van der Waals surface area contributed by atoms with Crippen LogP contribution in [-0.2, 0) is 16.0 Å². The lowest BCUT2D eigenvalue weighted by molar-refractivity contribution is -0.140. The Kier molecular flexibility index (Phi) is 12.6.